The molecule has 0 bridgehead atoms. The van der Waals surface area contributed by atoms with Crippen LogP contribution in [0.1, 0.15) is 13.8 Å². The maximum absolute atomic E-state index is 10.6. The van der Waals surface area contributed by atoms with Gasteiger partial charge in [-0.25, -0.2) is 3.71 Å². The van der Waals surface area contributed by atoms with Crippen LogP contribution in [0, 0.1) is 0 Å². The monoisotopic (exact) mass is 199 g/mol. The maximum atomic E-state index is 10.6. The summed E-state index contributed by atoms with van der Waals surface area (Å²) >= 11 is 8.09. The van der Waals surface area contributed by atoms with Gasteiger partial charge in [-0.05, 0) is 35.5 Å². The first kappa shape index (κ1) is 10.5. The van der Waals surface area contributed by atoms with Crippen LogP contribution in [-0.2, 0) is 0 Å². The third-order valence-corrected chi connectivity index (χ3v) is 2.96. The molecule has 0 heterocycles. The highest BCUT2D eigenvalue weighted by molar-refractivity contribution is 8.12. The first-order valence-corrected chi connectivity index (χ1v) is 5.24. The lowest BCUT2D eigenvalue weighted by Gasteiger charge is -2.13. The normalized spacial score (nSPS) is 9.50. The molecular formula is C5H10ClNOS2. The van der Waals surface area contributed by atoms with E-state index in [9.17, 15) is 4.79 Å². The zero-order chi connectivity index (χ0) is 7.98. The van der Waals surface area contributed by atoms with Gasteiger partial charge in [0.05, 0.1) is 0 Å². The van der Waals surface area contributed by atoms with Gasteiger partial charge >= 0.3 is 5.37 Å². The molecule has 0 aliphatic carbocycles. The lowest BCUT2D eigenvalue weighted by Crippen LogP contribution is -2.09. The minimum absolute atomic E-state index is 0.404. The predicted molar refractivity (Wildman–Crippen MR) is 49.4 cm³/mol. The minimum atomic E-state index is -0.404. The molecule has 60 valence electrons. The minimum Gasteiger partial charge on any atom is -0.253 e. The van der Waals surface area contributed by atoms with Gasteiger partial charge in [0.2, 0.25) is 0 Å². The van der Waals surface area contributed by atoms with Gasteiger partial charge in [0.1, 0.15) is 0 Å². The van der Waals surface area contributed by atoms with E-state index in [-0.39, 0.29) is 0 Å². The summed E-state index contributed by atoms with van der Waals surface area (Å²) in [4.78, 5) is 10.6. The Morgan fingerprint density at radius 3 is 2.00 bits per heavy atom. The number of hydrogen-bond acceptors (Lipinski definition) is 3. The van der Waals surface area contributed by atoms with E-state index in [1.54, 1.807) is 0 Å². The van der Waals surface area contributed by atoms with Gasteiger partial charge in [0.25, 0.3) is 0 Å². The third kappa shape index (κ3) is 4.30. The Morgan fingerprint density at radius 2 is 1.80 bits per heavy atom. The highest BCUT2D eigenvalue weighted by Crippen LogP contribution is 2.22. The molecule has 0 rings (SSSR count). The molecule has 2 nitrogen and oxygen atoms in total. The summed E-state index contributed by atoms with van der Waals surface area (Å²) in [7, 11) is 0. The van der Waals surface area contributed by atoms with Crippen LogP contribution in [0.5, 0.6) is 0 Å². The van der Waals surface area contributed by atoms with Crippen molar-refractivity contribution in [1.29, 1.82) is 0 Å². The Hall–Kier alpha value is 0.460. The molecule has 0 aromatic carbocycles. The zero-order valence-corrected chi connectivity index (χ0v) is 8.35. The van der Waals surface area contributed by atoms with Crippen molar-refractivity contribution in [2.45, 2.75) is 13.8 Å². The van der Waals surface area contributed by atoms with E-state index in [0.717, 1.165) is 11.5 Å². The van der Waals surface area contributed by atoms with Gasteiger partial charge in [-0.1, -0.05) is 13.8 Å². The van der Waals surface area contributed by atoms with E-state index in [1.807, 2.05) is 13.8 Å². The molecule has 0 N–H and O–H groups in total. The Labute approximate surface area is 74.9 Å². The Kier molecular flexibility index (Phi) is 6.47. The lowest BCUT2D eigenvalue weighted by molar-refractivity contribution is 0.258. The van der Waals surface area contributed by atoms with Crippen LogP contribution in [0.25, 0.3) is 0 Å². The van der Waals surface area contributed by atoms with Crippen molar-refractivity contribution in [2.24, 2.45) is 0 Å². The summed E-state index contributed by atoms with van der Waals surface area (Å²) in [5, 5.41) is -0.404. The molecule has 0 unspecified atom stereocenters. The second-order valence-corrected chi connectivity index (χ2v) is 4.30. The Morgan fingerprint density at radius 1 is 1.40 bits per heavy atom. The van der Waals surface area contributed by atoms with Crippen molar-refractivity contribution in [1.82, 2.24) is 3.71 Å². The third-order valence-electron chi connectivity index (χ3n) is 0.636. The van der Waals surface area contributed by atoms with Crippen molar-refractivity contribution in [3.63, 3.8) is 0 Å². The molecule has 0 aliphatic heterocycles. The highest BCUT2D eigenvalue weighted by atomic mass is 35.5. The molecule has 0 spiro atoms. The highest BCUT2D eigenvalue weighted by Gasteiger charge is 2.08. The topological polar surface area (TPSA) is 20.3 Å². The van der Waals surface area contributed by atoms with E-state index in [4.69, 9.17) is 11.6 Å². The fourth-order valence-corrected chi connectivity index (χ4v) is 2.27. The number of carbonyl (C=O) groups excluding carboxylic acids is 1. The van der Waals surface area contributed by atoms with Gasteiger partial charge in [-0.2, -0.15) is 0 Å². The van der Waals surface area contributed by atoms with Crippen LogP contribution in [-0.4, -0.2) is 20.6 Å². The van der Waals surface area contributed by atoms with E-state index in [0.29, 0.717) is 0 Å². The summed E-state index contributed by atoms with van der Waals surface area (Å²) in [6.07, 6.45) is 0. The SMILES string of the molecule is CCSN(SCC)C(=O)Cl. The summed E-state index contributed by atoms with van der Waals surface area (Å²) in [5.74, 6) is 1.73. The number of halogens is 1. The van der Waals surface area contributed by atoms with Gasteiger partial charge < -0.3 is 0 Å². The average Bonchev–Trinajstić information content (AvgIpc) is 1.87. The van der Waals surface area contributed by atoms with Crippen LogP contribution in [0.4, 0.5) is 4.79 Å². The quantitative estimate of drug-likeness (QED) is 0.395. The fraction of sp³-hybridized carbons (Fsp3) is 0.800. The average molecular weight is 200 g/mol. The molecule has 0 aliphatic rings. The van der Waals surface area contributed by atoms with Gasteiger partial charge in [-0.15, -0.1) is 0 Å². The van der Waals surface area contributed by atoms with E-state index >= 15 is 0 Å². The lowest BCUT2D eigenvalue weighted by atomic mass is 11.0. The van der Waals surface area contributed by atoms with Crippen LogP contribution < -0.4 is 0 Å². The smallest absolute Gasteiger partial charge is 0.253 e. The van der Waals surface area contributed by atoms with Gasteiger partial charge in [-0.3, -0.25) is 4.79 Å². The number of nitrogens with zero attached hydrogens (tertiary/aromatic N) is 1. The van der Waals surface area contributed by atoms with Crippen LogP contribution in [0.2, 0.25) is 0 Å². The standard InChI is InChI=1S/C5H10ClNOS2/c1-3-9-7(5(6)8)10-4-2/h3-4H2,1-2H3. The first-order valence-electron chi connectivity index (χ1n) is 2.97. The molecule has 0 radical (unpaired) electrons. The van der Waals surface area contributed by atoms with Crippen molar-refractivity contribution < 1.29 is 4.79 Å². The van der Waals surface area contributed by atoms with E-state index in [2.05, 4.69) is 0 Å². The summed E-state index contributed by atoms with van der Waals surface area (Å²) in [6, 6.07) is 0. The number of amides is 1. The molecule has 0 fully saturated rings. The molecule has 0 saturated heterocycles. The Balaban J connectivity index is 3.61. The van der Waals surface area contributed by atoms with Crippen LogP contribution >= 0.6 is 35.5 Å². The molecule has 0 aromatic heterocycles. The van der Waals surface area contributed by atoms with E-state index in [1.165, 1.54) is 27.6 Å². The second-order valence-electron chi connectivity index (χ2n) is 1.35. The predicted octanol–water partition coefficient (Wildman–Crippen LogP) is 2.98. The molecule has 0 atom stereocenters. The molecule has 0 saturated carbocycles. The van der Waals surface area contributed by atoms with Crippen molar-refractivity contribution >= 4 is 40.9 Å². The molecular weight excluding hydrogens is 190 g/mol. The molecule has 1 amide bonds. The number of hydrogen-bond donors (Lipinski definition) is 0. The van der Waals surface area contributed by atoms with Crippen LogP contribution in [0.3, 0.4) is 0 Å². The van der Waals surface area contributed by atoms with E-state index < -0.39 is 5.37 Å². The maximum Gasteiger partial charge on any atom is 0.336 e. The second kappa shape index (κ2) is 6.19. The van der Waals surface area contributed by atoms with Gasteiger partial charge in [0, 0.05) is 11.5 Å². The number of rotatable bonds is 4. The van der Waals surface area contributed by atoms with Crippen molar-refractivity contribution in [2.75, 3.05) is 11.5 Å². The first-order chi connectivity index (χ1) is 4.72. The molecule has 10 heavy (non-hydrogen) atoms. The zero-order valence-electron chi connectivity index (χ0n) is 5.96. The fourth-order valence-electron chi connectivity index (χ4n) is 0.373. The Bertz CT molecular complexity index is 106. The number of carbonyl (C=O) groups is 1. The van der Waals surface area contributed by atoms with Gasteiger partial charge in [0.15, 0.2) is 0 Å². The molecule has 5 heteroatoms. The van der Waals surface area contributed by atoms with Crippen molar-refractivity contribution in [3.05, 3.63) is 0 Å². The summed E-state index contributed by atoms with van der Waals surface area (Å²) in [6.45, 7) is 3.96. The van der Waals surface area contributed by atoms with Crippen LogP contribution in [0.15, 0.2) is 0 Å². The van der Waals surface area contributed by atoms with Crippen molar-refractivity contribution in [3.8, 4) is 0 Å². The largest absolute Gasteiger partial charge is 0.336 e. The molecule has 0 aromatic rings. The summed E-state index contributed by atoms with van der Waals surface area (Å²) in [5.41, 5.74) is 0. The summed E-state index contributed by atoms with van der Waals surface area (Å²) < 4.78 is 1.49.